The zero-order valence-corrected chi connectivity index (χ0v) is 12.4. The van der Waals surface area contributed by atoms with Crippen molar-refractivity contribution in [3.05, 3.63) is 71.0 Å². The zero-order valence-electron chi connectivity index (χ0n) is 12.4. The quantitative estimate of drug-likeness (QED) is 0.942. The van der Waals surface area contributed by atoms with E-state index in [-0.39, 0.29) is 5.56 Å². The van der Waals surface area contributed by atoms with Crippen LogP contribution in [-0.4, -0.2) is 25.2 Å². The molecule has 0 aliphatic heterocycles. The zero-order chi connectivity index (χ0) is 15.6. The number of amides is 1. The molecule has 1 aliphatic rings. The third-order valence-corrected chi connectivity index (χ3v) is 4.27. The van der Waals surface area contributed by atoms with E-state index in [1.165, 1.54) is 23.3 Å². The first kappa shape index (κ1) is 14.7. The van der Waals surface area contributed by atoms with E-state index in [4.69, 9.17) is 4.74 Å². The van der Waals surface area contributed by atoms with Gasteiger partial charge in [-0.2, -0.15) is 0 Å². The summed E-state index contributed by atoms with van der Waals surface area (Å²) in [6, 6.07) is 14.1. The molecule has 2 aromatic rings. The van der Waals surface area contributed by atoms with Crippen LogP contribution in [0.4, 0.5) is 4.39 Å². The molecular formula is C18H18FNO2. The number of nitrogens with one attached hydrogen (secondary N) is 1. The predicted octanol–water partition coefficient (Wildman–Crippen LogP) is 2.74. The van der Waals surface area contributed by atoms with Gasteiger partial charge in [-0.1, -0.05) is 36.4 Å². The van der Waals surface area contributed by atoms with Crippen LogP contribution in [-0.2, 0) is 17.6 Å². The van der Waals surface area contributed by atoms with Gasteiger partial charge in [-0.25, -0.2) is 4.39 Å². The van der Waals surface area contributed by atoms with Gasteiger partial charge in [0.2, 0.25) is 0 Å². The monoisotopic (exact) mass is 299 g/mol. The van der Waals surface area contributed by atoms with Gasteiger partial charge in [-0.3, -0.25) is 4.79 Å². The van der Waals surface area contributed by atoms with Gasteiger partial charge >= 0.3 is 0 Å². The molecule has 2 aromatic carbocycles. The Kier molecular flexibility index (Phi) is 3.94. The minimum atomic E-state index is -0.513. The molecule has 0 radical (unpaired) electrons. The first-order valence-electron chi connectivity index (χ1n) is 7.28. The second kappa shape index (κ2) is 5.89. The topological polar surface area (TPSA) is 38.3 Å². The van der Waals surface area contributed by atoms with Gasteiger partial charge < -0.3 is 10.1 Å². The molecule has 0 bridgehead atoms. The Labute approximate surface area is 129 Å². The highest BCUT2D eigenvalue weighted by atomic mass is 19.1. The van der Waals surface area contributed by atoms with Gasteiger partial charge in [0.1, 0.15) is 5.82 Å². The standard InChI is InChI=1S/C18H18FNO2/c1-22-18(10-13-6-2-3-7-14(13)11-18)12-20-17(21)15-8-4-5-9-16(15)19/h2-9H,10-12H2,1H3,(H,20,21). The molecule has 1 amide bonds. The third kappa shape index (κ3) is 2.74. The second-order valence-electron chi connectivity index (χ2n) is 5.67. The van der Waals surface area contributed by atoms with Crippen molar-refractivity contribution in [1.29, 1.82) is 0 Å². The number of hydrogen-bond donors (Lipinski definition) is 1. The Bertz CT molecular complexity index is 674. The largest absolute Gasteiger partial charge is 0.376 e. The Morgan fingerprint density at radius 1 is 1.14 bits per heavy atom. The summed E-state index contributed by atoms with van der Waals surface area (Å²) >= 11 is 0. The van der Waals surface area contributed by atoms with E-state index < -0.39 is 17.3 Å². The number of fused-ring (bicyclic) bond motifs is 1. The highest BCUT2D eigenvalue weighted by molar-refractivity contribution is 5.94. The van der Waals surface area contributed by atoms with Crippen LogP contribution in [0.3, 0.4) is 0 Å². The summed E-state index contributed by atoms with van der Waals surface area (Å²) in [5.74, 6) is -0.924. The molecule has 114 valence electrons. The Morgan fingerprint density at radius 3 is 2.32 bits per heavy atom. The van der Waals surface area contributed by atoms with Gasteiger partial charge in [-0.15, -0.1) is 0 Å². The molecule has 0 saturated carbocycles. The summed E-state index contributed by atoms with van der Waals surface area (Å²) in [7, 11) is 1.65. The smallest absolute Gasteiger partial charge is 0.254 e. The van der Waals surface area contributed by atoms with Crippen molar-refractivity contribution in [3.8, 4) is 0 Å². The minimum Gasteiger partial charge on any atom is -0.376 e. The van der Waals surface area contributed by atoms with E-state index in [0.717, 1.165) is 12.8 Å². The Morgan fingerprint density at radius 2 is 1.73 bits per heavy atom. The average molecular weight is 299 g/mol. The SMILES string of the molecule is COC1(CNC(=O)c2ccccc2F)Cc2ccccc2C1. The van der Waals surface area contributed by atoms with Gasteiger partial charge in [-0.05, 0) is 23.3 Å². The van der Waals surface area contributed by atoms with Crippen LogP contribution in [0.2, 0.25) is 0 Å². The van der Waals surface area contributed by atoms with Crippen molar-refractivity contribution in [3.63, 3.8) is 0 Å². The fourth-order valence-electron chi connectivity index (χ4n) is 2.98. The number of methoxy groups -OCH3 is 1. The summed E-state index contributed by atoms with van der Waals surface area (Å²) in [6.45, 7) is 0.353. The van der Waals surface area contributed by atoms with Gasteiger partial charge in [0.25, 0.3) is 5.91 Å². The van der Waals surface area contributed by atoms with Crippen molar-refractivity contribution < 1.29 is 13.9 Å². The maximum atomic E-state index is 13.6. The first-order valence-corrected chi connectivity index (χ1v) is 7.28. The lowest BCUT2D eigenvalue weighted by Crippen LogP contribution is -2.45. The number of carbonyl (C=O) groups is 1. The van der Waals surface area contributed by atoms with Crippen molar-refractivity contribution in [2.45, 2.75) is 18.4 Å². The van der Waals surface area contributed by atoms with E-state index >= 15 is 0 Å². The summed E-state index contributed by atoms with van der Waals surface area (Å²) < 4.78 is 19.3. The van der Waals surface area contributed by atoms with E-state index in [2.05, 4.69) is 17.4 Å². The van der Waals surface area contributed by atoms with Gasteiger partial charge in [0, 0.05) is 26.5 Å². The fraction of sp³-hybridized carbons (Fsp3) is 0.278. The Hall–Kier alpha value is -2.20. The fourth-order valence-corrected chi connectivity index (χ4v) is 2.98. The predicted molar refractivity (Wildman–Crippen MR) is 82.3 cm³/mol. The summed E-state index contributed by atoms with van der Waals surface area (Å²) in [5.41, 5.74) is 2.09. The number of hydrogen-bond acceptors (Lipinski definition) is 2. The molecular weight excluding hydrogens is 281 g/mol. The number of ether oxygens (including phenoxy) is 1. The van der Waals surface area contributed by atoms with Gasteiger partial charge in [0.05, 0.1) is 11.2 Å². The molecule has 1 aliphatic carbocycles. The molecule has 22 heavy (non-hydrogen) atoms. The molecule has 0 fully saturated rings. The van der Waals surface area contributed by atoms with Crippen LogP contribution in [0.1, 0.15) is 21.5 Å². The molecule has 3 rings (SSSR count). The lowest BCUT2D eigenvalue weighted by molar-refractivity contribution is 0.000142. The number of benzene rings is 2. The van der Waals surface area contributed by atoms with Gasteiger partial charge in [0.15, 0.2) is 0 Å². The van der Waals surface area contributed by atoms with E-state index in [1.54, 1.807) is 19.2 Å². The van der Waals surface area contributed by atoms with E-state index in [0.29, 0.717) is 6.54 Å². The normalized spacial score (nSPS) is 15.4. The van der Waals surface area contributed by atoms with Crippen LogP contribution >= 0.6 is 0 Å². The second-order valence-corrected chi connectivity index (χ2v) is 5.67. The maximum absolute atomic E-state index is 13.6. The lowest BCUT2D eigenvalue weighted by atomic mass is 10.00. The summed E-state index contributed by atoms with van der Waals surface area (Å²) in [5, 5.41) is 2.80. The van der Waals surface area contributed by atoms with Crippen molar-refractivity contribution in [1.82, 2.24) is 5.32 Å². The van der Waals surface area contributed by atoms with E-state index in [1.807, 2.05) is 12.1 Å². The molecule has 0 spiro atoms. The van der Waals surface area contributed by atoms with Crippen molar-refractivity contribution in [2.75, 3.05) is 13.7 Å². The molecule has 1 N–H and O–H groups in total. The molecule has 0 unspecified atom stereocenters. The van der Waals surface area contributed by atoms with Crippen LogP contribution in [0.5, 0.6) is 0 Å². The molecule has 0 saturated heterocycles. The Balaban J connectivity index is 1.71. The maximum Gasteiger partial charge on any atom is 0.254 e. The summed E-state index contributed by atoms with van der Waals surface area (Å²) in [6.07, 6.45) is 1.49. The lowest BCUT2D eigenvalue weighted by Gasteiger charge is -2.27. The number of rotatable bonds is 4. The number of carbonyl (C=O) groups excluding carboxylic acids is 1. The van der Waals surface area contributed by atoms with E-state index in [9.17, 15) is 9.18 Å². The molecule has 4 heteroatoms. The molecule has 0 aromatic heterocycles. The minimum absolute atomic E-state index is 0.0595. The number of halogens is 1. The summed E-state index contributed by atoms with van der Waals surface area (Å²) in [4.78, 5) is 12.1. The van der Waals surface area contributed by atoms with Crippen LogP contribution < -0.4 is 5.32 Å². The first-order chi connectivity index (χ1) is 10.6. The van der Waals surface area contributed by atoms with Crippen LogP contribution in [0.25, 0.3) is 0 Å². The van der Waals surface area contributed by atoms with Crippen LogP contribution in [0.15, 0.2) is 48.5 Å². The highest BCUT2D eigenvalue weighted by Gasteiger charge is 2.37. The van der Waals surface area contributed by atoms with Crippen LogP contribution in [0, 0.1) is 5.82 Å². The van der Waals surface area contributed by atoms with Crippen molar-refractivity contribution in [2.24, 2.45) is 0 Å². The average Bonchev–Trinajstić information content (AvgIpc) is 2.92. The molecule has 0 heterocycles. The molecule has 3 nitrogen and oxygen atoms in total. The highest BCUT2D eigenvalue weighted by Crippen LogP contribution is 2.32. The van der Waals surface area contributed by atoms with Crippen molar-refractivity contribution >= 4 is 5.91 Å². The molecule has 0 atom stereocenters. The third-order valence-electron chi connectivity index (χ3n) is 4.27.